The predicted molar refractivity (Wildman–Crippen MR) is 78.9 cm³/mol. The molecule has 0 saturated heterocycles. The summed E-state index contributed by atoms with van der Waals surface area (Å²) in [7, 11) is 1.67. The maximum atomic E-state index is 11.6. The number of amides is 1. The Morgan fingerprint density at radius 2 is 2.11 bits per heavy atom. The van der Waals surface area contributed by atoms with Crippen LogP contribution in [0.5, 0.6) is 0 Å². The molecule has 1 amide bonds. The van der Waals surface area contributed by atoms with Crippen molar-refractivity contribution in [2.75, 3.05) is 20.3 Å². The van der Waals surface area contributed by atoms with Crippen LogP contribution in [0.4, 0.5) is 0 Å². The van der Waals surface area contributed by atoms with Crippen LogP contribution in [0.2, 0.25) is 10.0 Å². The summed E-state index contributed by atoms with van der Waals surface area (Å²) in [6.45, 7) is 1.42. The van der Waals surface area contributed by atoms with Gasteiger partial charge in [-0.25, -0.2) is 0 Å². The number of hydrogen-bond acceptors (Lipinski definition) is 2. The van der Waals surface area contributed by atoms with Crippen molar-refractivity contribution in [3.05, 3.63) is 33.8 Å². The van der Waals surface area contributed by atoms with E-state index in [-0.39, 0.29) is 5.91 Å². The highest BCUT2D eigenvalue weighted by Crippen LogP contribution is 2.26. The van der Waals surface area contributed by atoms with E-state index in [1.807, 2.05) is 12.1 Å². The first-order chi connectivity index (χ1) is 9.15. The van der Waals surface area contributed by atoms with Crippen molar-refractivity contribution in [1.82, 2.24) is 5.32 Å². The molecule has 0 fully saturated rings. The molecule has 1 rings (SSSR count). The van der Waals surface area contributed by atoms with Crippen LogP contribution in [-0.4, -0.2) is 26.2 Å². The smallest absolute Gasteiger partial charge is 0.220 e. The van der Waals surface area contributed by atoms with E-state index >= 15 is 0 Å². The first-order valence-corrected chi connectivity index (χ1v) is 7.09. The summed E-state index contributed by atoms with van der Waals surface area (Å²) >= 11 is 12.0. The Bertz CT molecular complexity index is 410. The molecule has 0 bridgehead atoms. The summed E-state index contributed by atoms with van der Waals surface area (Å²) in [5, 5.41) is 3.94. The van der Waals surface area contributed by atoms with Gasteiger partial charge < -0.3 is 10.1 Å². The third kappa shape index (κ3) is 6.28. The van der Waals surface area contributed by atoms with Gasteiger partial charge in [-0.05, 0) is 30.9 Å². The Labute approximate surface area is 124 Å². The van der Waals surface area contributed by atoms with Crippen LogP contribution in [0.15, 0.2) is 18.2 Å². The van der Waals surface area contributed by atoms with E-state index in [4.69, 9.17) is 27.9 Å². The molecule has 0 aliphatic rings. The molecule has 0 aromatic heterocycles. The van der Waals surface area contributed by atoms with Gasteiger partial charge in [-0.2, -0.15) is 0 Å². The lowest BCUT2D eigenvalue weighted by molar-refractivity contribution is -0.121. The second kappa shape index (κ2) is 9.18. The number of unbranched alkanes of at least 4 members (excludes halogenated alkanes) is 1. The Morgan fingerprint density at radius 3 is 2.84 bits per heavy atom. The van der Waals surface area contributed by atoms with Crippen LogP contribution in [0.25, 0.3) is 0 Å². The van der Waals surface area contributed by atoms with E-state index < -0.39 is 0 Å². The third-order valence-electron chi connectivity index (χ3n) is 2.75. The second-order valence-corrected chi connectivity index (χ2v) is 5.05. The van der Waals surface area contributed by atoms with Crippen molar-refractivity contribution >= 4 is 29.1 Å². The number of hydrogen-bond donors (Lipinski definition) is 1. The average molecular weight is 304 g/mol. The van der Waals surface area contributed by atoms with Crippen molar-refractivity contribution in [1.29, 1.82) is 0 Å². The van der Waals surface area contributed by atoms with Crippen molar-refractivity contribution in [2.24, 2.45) is 0 Å². The van der Waals surface area contributed by atoms with Crippen molar-refractivity contribution in [2.45, 2.75) is 25.7 Å². The van der Waals surface area contributed by atoms with Gasteiger partial charge in [-0.1, -0.05) is 35.3 Å². The molecule has 1 aromatic rings. The average Bonchev–Trinajstić information content (AvgIpc) is 2.40. The van der Waals surface area contributed by atoms with Crippen LogP contribution >= 0.6 is 23.2 Å². The van der Waals surface area contributed by atoms with Gasteiger partial charge in [0.2, 0.25) is 5.91 Å². The second-order valence-electron chi connectivity index (χ2n) is 4.26. The highest BCUT2D eigenvalue weighted by Gasteiger charge is 2.07. The van der Waals surface area contributed by atoms with Gasteiger partial charge in [0.25, 0.3) is 0 Å². The molecule has 19 heavy (non-hydrogen) atoms. The zero-order chi connectivity index (χ0) is 14.1. The lowest BCUT2D eigenvalue weighted by atomic mass is 10.1. The van der Waals surface area contributed by atoms with Crippen LogP contribution in [0.3, 0.4) is 0 Å². The van der Waals surface area contributed by atoms with Gasteiger partial charge in [-0.15, -0.1) is 0 Å². The monoisotopic (exact) mass is 303 g/mol. The maximum absolute atomic E-state index is 11.6. The molecule has 0 unspecified atom stereocenters. The summed E-state index contributed by atoms with van der Waals surface area (Å²) < 4.78 is 4.94. The molecule has 0 aliphatic carbocycles. The third-order valence-corrected chi connectivity index (χ3v) is 3.61. The Morgan fingerprint density at radius 1 is 1.32 bits per heavy atom. The normalized spacial score (nSPS) is 10.5. The fourth-order valence-corrected chi connectivity index (χ4v) is 2.09. The van der Waals surface area contributed by atoms with Crippen molar-refractivity contribution < 1.29 is 9.53 Å². The van der Waals surface area contributed by atoms with Gasteiger partial charge in [0.15, 0.2) is 0 Å². The molecule has 0 aliphatic heterocycles. The van der Waals surface area contributed by atoms with E-state index in [0.29, 0.717) is 29.4 Å². The van der Waals surface area contributed by atoms with Crippen LogP contribution < -0.4 is 5.32 Å². The van der Waals surface area contributed by atoms with Gasteiger partial charge in [0.1, 0.15) is 0 Å². The molecule has 0 atom stereocenters. The maximum Gasteiger partial charge on any atom is 0.220 e. The number of aryl methyl sites for hydroxylation is 1. The highest BCUT2D eigenvalue weighted by molar-refractivity contribution is 6.42. The van der Waals surface area contributed by atoms with Crippen LogP contribution in [-0.2, 0) is 16.0 Å². The van der Waals surface area contributed by atoms with Gasteiger partial charge in [0, 0.05) is 26.7 Å². The minimum atomic E-state index is 0.0356. The standard InChI is InChI=1S/C14H19Cl2NO2/c1-19-10-3-2-9-17-13(18)8-7-11-5-4-6-12(15)14(11)16/h4-6H,2-3,7-10H2,1H3,(H,17,18). The first-order valence-electron chi connectivity index (χ1n) is 6.33. The Hall–Kier alpha value is -0.770. The van der Waals surface area contributed by atoms with Gasteiger partial charge in [0.05, 0.1) is 10.0 Å². The number of benzene rings is 1. The highest BCUT2D eigenvalue weighted by atomic mass is 35.5. The first kappa shape index (κ1) is 16.3. The molecular formula is C14H19Cl2NO2. The number of carbonyl (C=O) groups excluding carboxylic acids is 1. The molecular weight excluding hydrogens is 285 g/mol. The van der Waals surface area contributed by atoms with E-state index in [2.05, 4.69) is 5.32 Å². The molecule has 106 valence electrons. The zero-order valence-electron chi connectivity index (χ0n) is 11.0. The molecule has 5 heteroatoms. The molecule has 0 saturated carbocycles. The molecule has 0 radical (unpaired) electrons. The summed E-state index contributed by atoms with van der Waals surface area (Å²) in [4.78, 5) is 11.6. The van der Waals surface area contributed by atoms with E-state index in [0.717, 1.165) is 25.0 Å². The fourth-order valence-electron chi connectivity index (χ4n) is 1.68. The molecule has 0 heterocycles. The molecule has 1 N–H and O–H groups in total. The van der Waals surface area contributed by atoms with E-state index in [1.165, 1.54) is 0 Å². The number of carbonyl (C=O) groups is 1. The summed E-state index contributed by atoms with van der Waals surface area (Å²) in [5.41, 5.74) is 0.906. The largest absolute Gasteiger partial charge is 0.385 e. The summed E-state index contributed by atoms with van der Waals surface area (Å²) in [6.07, 6.45) is 2.90. The lowest BCUT2D eigenvalue weighted by Gasteiger charge is -2.07. The number of halogens is 2. The number of methoxy groups -OCH3 is 1. The number of rotatable bonds is 8. The van der Waals surface area contributed by atoms with E-state index in [9.17, 15) is 4.79 Å². The van der Waals surface area contributed by atoms with Crippen LogP contribution in [0.1, 0.15) is 24.8 Å². The molecule has 0 spiro atoms. The lowest BCUT2D eigenvalue weighted by Crippen LogP contribution is -2.24. The van der Waals surface area contributed by atoms with Crippen molar-refractivity contribution in [3.8, 4) is 0 Å². The van der Waals surface area contributed by atoms with E-state index in [1.54, 1.807) is 13.2 Å². The summed E-state index contributed by atoms with van der Waals surface area (Å²) in [6, 6.07) is 5.47. The van der Waals surface area contributed by atoms with Gasteiger partial charge in [-0.3, -0.25) is 4.79 Å². The zero-order valence-corrected chi connectivity index (χ0v) is 12.6. The molecule has 1 aromatic carbocycles. The summed E-state index contributed by atoms with van der Waals surface area (Å²) in [5.74, 6) is 0.0356. The Kier molecular flexibility index (Phi) is 7.87. The van der Waals surface area contributed by atoms with Crippen molar-refractivity contribution in [3.63, 3.8) is 0 Å². The fraction of sp³-hybridized carbons (Fsp3) is 0.500. The molecule has 3 nitrogen and oxygen atoms in total. The minimum Gasteiger partial charge on any atom is -0.385 e. The predicted octanol–water partition coefficient (Wildman–Crippen LogP) is 3.47. The topological polar surface area (TPSA) is 38.3 Å². The minimum absolute atomic E-state index is 0.0356. The van der Waals surface area contributed by atoms with Crippen LogP contribution in [0, 0.1) is 0 Å². The number of nitrogens with one attached hydrogen (secondary N) is 1. The SMILES string of the molecule is COCCCCNC(=O)CCc1cccc(Cl)c1Cl. The quantitative estimate of drug-likeness (QED) is 0.747. The van der Waals surface area contributed by atoms with Gasteiger partial charge >= 0.3 is 0 Å². The number of ether oxygens (including phenoxy) is 1. The Balaban J connectivity index is 2.24.